The monoisotopic (exact) mass is 457 g/mol. The second-order valence-corrected chi connectivity index (χ2v) is 9.99. The number of anilines is 1. The predicted molar refractivity (Wildman–Crippen MR) is 128 cm³/mol. The van der Waals surface area contributed by atoms with E-state index >= 15 is 0 Å². The summed E-state index contributed by atoms with van der Waals surface area (Å²) in [5.41, 5.74) is 3.52. The van der Waals surface area contributed by atoms with Crippen LogP contribution in [0.1, 0.15) is 29.7 Å². The third-order valence-electron chi connectivity index (χ3n) is 5.76. The fourth-order valence-corrected chi connectivity index (χ4v) is 5.52. The number of sulfone groups is 1. The first kappa shape index (κ1) is 21.1. The van der Waals surface area contributed by atoms with E-state index in [0.29, 0.717) is 11.4 Å². The molecule has 0 amide bonds. The van der Waals surface area contributed by atoms with Gasteiger partial charge in [0.25, 0.3) is 0 Å². The second-order valence-electron chi connectivity index (χ2n) is 8.16. The topological polar surface area (TPSA) is 89.2 Å². The van der Waals surface area contributed by atoms with Gasteiger partial charge >= 0.3 is 0 Å². The molecule has 7 nitrogen and oxygen atoms in total. The highest BCUT2D eigenvalue weighted by Crippen LogP contribution is 2.31. The van der Waals surface area contributed by atoms with Gasteiger partial charge in [0, 0.05) is 11.4 Å². The molecule has 8 heteroatoms. The van der Waals surface area contributed by atoms with Crippen LogP contribution < -0.4 is 5.32 Å². The number of hydrogen-bond acceptors (Lipinski definition) is 6. The van der Waals surface area contributed by atoms with Gasteiger partial charge in [0.15, 0.2) is 5.65 Å². The SMILES string of the molecule is Cc1ccc(C)c(S(=O)(=O)c2nnn3c2nc(NC(C)c2ccccc2)c2ccccc23)c1. The molecule has 0 fully saturated rings. The molecule has 0 aliphatic carbocycles. The van der Waals surface area contributed by atoms with Crippen molar-refractivity contribution in [3.63, 3.8) is 0 Å². The minimum absolute atomic E-state index is 0.0421. The smallest absolute Gasteiger partial charge is 0.229 e. The highest BCUT2D eigenvalue weighted by Gasteiger charge is 2.28. The summed E-state index contributed by atoms with van der Waals surface area (Å²) in [5.74, 6) is 0.578. The lowest BCUT2D eigenvalue weighted by atomic mass is 10.1. The van der Waals surface area contributed by atoms with Gasteiger partial charge in [-0.15, -0.1) is 5.10 Å². The van der Waals surface area contributed by atoms with Crippen LogP contribution in [0.15, 0.2) is 82.7 Å². The van der Waals surface area contributed by atoms with Crippen LogP contribution in [0.25, 0.3) is 16.6 Å². The van der Waals surface area contributed by atoms with E-state index in [2.05, 4.69) is 15.6 Å². The molecule has 1 atom stereocenters. The number of para-hydroxylation sites is 1. The Morgan fingerprint density at radius 1 is 0.939 bits per heavy atom. The van der Waals surface area contributed by atoms with Crippen molar-refractivity contribution in [1.82, 2.24) is 19.8 Å². The van der Waals surface area contributed by atoms with Crippen molar-refractivity contribution in [2.24, 2.45) is 0 Å². The molecule has 2 heterocycles. The van der Waals surface area contributed by atoms with Crippen molar-refractivity contribution in [2.75, 3.05) is 5.32 Å². The summed E-state index contributed by atoms with van der Waals surface area (Å²) in [7, 11) is -3.93. The van der Waals surface area contributed by atoms with Gasteiger partial charge in [-0.3, -0.25) is 0 Å². The van der Waals surface area contributed by atoms with Crippen molar-refractivity contribution < 1.29 is 8.42 Å². The lowest BCUT2D eigenvalue weighted by molar-refractivity contribution is 0.592. The molecule has 5 aromatic rings. The summed E-state index contributed by atoms with van der Waals surface area (Å²) in [6.45, 7) is 5.68. The van der Waals surface area contributed by atoms with Crippen molar-refractivity contribution in [3.05, 3.63) is 89.5 Å². The third-order valence-corrected chi connectivity index (χ3v) is 7.55. The van der Waals surface area contributed by atoms with E-state index in [0.717, 1.165) is 22.0 Å². The van der Waals surface area contributed by atoms with Crippen LogP contribution >= 0.6 is 0 Å². The molecule has 0 aliphatic rings. The zero-order valence-electron chi connectivity index (χ0n) is 18.5. The van der Waals surface area contributed by atoms with Gasteiger partial charge in [-0.2, -0.15) is 4.52 Å². The molecule has 1 unspecified atom stereocenters. The minimum Gasteiger partial charge on any atom is -0.363 e. The average molecular weight is 458 g/mol. The maximum absolute atomic E-state index is 13.6. The largest absolute Gasteiger partial charge is 0.363 e. The van der Waals surface area contributed by atoms with Crippen LogP contribution in [0.4, 0.5) is 5.82 Å². The molecule has 3 aromatic carbocycles. The Labute approximate surface area is 192 Å². The van der Waals surface area contributed by atoms with E-state index < -0.39 is 9.84 Å². The average Bonchev–Trinajstić information content (AvgIpc) is 3.26. The molecule has 0 aliphatic heterocycles. The van der Waals surface area contributed by atoms with Gasteiger partial charge in [-0.25, -0.2) is 13.4 Å². The number of aryl methyl sites for hydroxylation is 2. The molecule has 33 heavy (non-hydrogen) atoms. The predicted octanol–water partition coefficient (Wildman–Crippen LogP) is 4.90. The van der Waals surface area contributed by atoms with Gasteiger partial charge < -0.3 is 5.32 Å². The lowest BCUT2D eigenvalue weighted by Gasteiger charge is -2.17. The zero-order valence-corrected chi connectivity index (χ0v) is 19.3. The molecule has 1 N–H and O–H groups in total. The molecule has 166 valence electrons. The normalized spacial score (nSPS) is 12.8. The number of fused-ring (bicyclic) bond motifs is 3. The van der Waals surface area contributed by atoms with Crippen molar-refractivity contribution >= 4 is 32.2 Å². The summed E-state index contributed by atoms with van der Waals surface area (Å²) in [4.78, 5) is 4.94. The number of nitrogens with zero attached hydrogens (tertiary/aromatic N) is 4. The minimum atomic E-state index is -3.93. The molecule has 0 saturated carbocycles. The highest BCUT2D eigenvalue weighted by molar-refractivity contribution is 7.91. The first-order chi connectivity index (χ1) is 15.9. The Balaban J connectivity index is 1.71. The van der Waals surface area contributed by atoms with Crippen LogP contribution in [0.3, 0.4) is 0 Å². The maximum Gasteiger partial charge on any atom is 0.229 e. The van der Waals surface area contributed by atoms with Crippen molar-refractivity contribution in [3.8, 4) is 0 Å². The Hall–Kier alpha value is -3.78. The summed E-state index contributed by atoms with van der Waals surface area (Å²) < 4.78 is 28.7. The fourth-order valence-electron chi connectivity index (χ4n) is 3.96. The van der Waals surface area contributed by atoms with Crippen LogP contribution in [-0.4, -0.2) is 28.2 Å². The van der Waals surface area contributed by atoms with Crippen LogP contribution in [0.5, 0.6) is 0 Å². The van der Waals surface area contributed by atoms with Gasteiger partial charge in [0.05, 0.1) is 10.4 Å². The zero-order chi connectivity index (χ0) is 23.2. The van der Waals surface area contributed by atoms with Crippen molar-refractivity contribution in [2.45, 2.75) is 36.7 Å². The Bertz CT molecular complexity index is 1590. The molecule has 0 radical (unpaired) electrons. The van der Waals surface area contributed by atoms with E-state index in [9.17, 15) is 8.42 Å². The van der Waals surface area contributed by atoms with Gasteiger partial charge in [0.1, 0.15) is 5.82 Å². The first-order valence-corrected chi connectivity index (χ1v) is 12.1. The Morgan fingerprint density at radius 2 is 1.67 bits per heavy atom. The number of rotatable bonds is 5. The lowest BCUT2D eigenvalue weighted by Crippen LogP contribution is -2.11. The second kappa shape index (κ2) is 7.97. The highest BCUT2D eigenvalue weighted by atomic mass is 32.2. The van der Waals surface area contributed by atoms with Crippen LogP contribution in [0.2, 0.25) is 0 Å². The Morgan fingerprint density at radius 3 is 2.45 bits per heavy atom. The number of hydrogen-bond donors (Lipinski definition) is 1. The van der Waals surface area contributed by atoms with E-state index in [1.54, 1.807) is 19.1 Å². The van der Waals surface area contributed by atoms with Crippen LogP contribution in [0, 0.1) is 13.8 Å². The van der Waals surface area contributed by atoms with E-state index in [-0.39, 0.29) is 21.6 Å². The number of benzene rings is 3. The van der Waals surface area contributed by atoms with E-state index in [1.807, 2.05) is 74.5 Å². The maximum atomic E-state index is 13.6. The first-order valence-electron chi connectivity index (χ1n) is 10.6. The molecular weight excluding hydrogens is 434 g/mol. The molecule has 2 aromatic heterocycles. The van der Waals surface area contributed by atoms with Crippen molar-refractivity contribution in [1.29, 1.82) is 0 Å². The standard InChI is InChI=1S/C25H23N5O2S/c1-16-13-14-17(2)22(15-16)33(31,32)25-24-27-23(26-18(3)19-9-5-4-6-10-19)20-11-7-8-12-21(20)30(24)29-28-25/h4-15,18H,1-3H3,(H,26,27). The van der Waals surface area contributed by atoms with Gasteiger partial charge in [-0.1, -0.05) is 59.8 Å². The quantitative estimate of drug-likeness (QED) is 0.404. The molecule has 0 spiro atoms. The van der Waals surface area contributed by atoms with Gasteiger partial charge in [-0.05, 0) is 55.7 Å². The van der Waals surface area contributed by atoms with E-state index in [4.69, 9.17) is 4.98 Å². The summed E-state index contributed by atoms with van der Waals surface area (Å²) >= 11 is 0. The summed E-state index contributed by atoms with van der Waals surface area (Å²) in [6, 6.07) is 22.9. The summed E-state index contributed by atoms with van der Waals surface area (Å²) in [5, 5.41) is 12.4. The Kier molecular flexibility index (Phi) is 5.09. The van der Waals surface area contributed by atoms with Crippen LogP contribution in [-0.2, 0) is 9.84 Å². The molecule has 0 saturated heterocycles. The fraction of sp³-hybridized carbons (Fsp3) is 0.160. The molecule has 5 rings (SSSR count). The summed E-state index contributed by atoms with van der Waals surface area (Å²) in [6.07, 6.45) is 0. The number of aromatic nitrogens is 4. The number of nitrogens with one attached hydrogen (secondary N) is 1. The van der Waals surface area contributed by atoms with Gasteiger partial charge in [0.2, 0.25) is 14.9 Å². The molecular formula is C25H23N5O2S. The third kappa shape index (κ3) is 3.62. The van der Waals surface area contributed by atoms with E-state index in [1.165, 1.54) is 4.52 Å². The molecule has 0 bridgehead atoms.